The molecule has 23 heavy (non-hydrogen) atoms. The van der Waals surface area contributed by atoms with Crippen molar-refractivity contribution >= 4 is 12.1 Å². The molecule has 0 unspecified atom stereocenters. The average Bonchev–Trinajstić information content (AvgIpc) is 2.58. The van der Waals surface area contributed by atoms with Crippen LogP contribution < -0.4 is 10.1 Å². The molecule has 0 aliphatic carbocycles. The highest BCUT2D eigenvalue weighted by molar-refractivity contribution is 5.81. The number of nitrogens with one attached hydrogen (secondary N) is 1. The number of hydrogen-bond acceptors (Lipinski definition) is 4. The maximum absolute atomic E-state index is 11.7. The Morgan fingerprint density at radius 1 is 1.17 bits per heavy atom. The van der Waals surface area contributed by atoms with E-state index < -0.39 is 0 Å². The number of oxime groups is 1. The van der Waals surface area contributed by atoms with Crippen LogP contribution in [0, 0.1) is 6.92 Å². The van der Waals surface area contributed by atoms with Crippen molar-refractivity contribution in [3.8, 4) is 5.75 Å². The molecule has 1 amide bonds. The predicted molar refractivity (Wildman–Crippen MR) is 89.6 cm³/mol. The van der Waals surface area contributed by atoms with E-state index in [1.807, 2.05) is 55.5 Å². The summed E-state index contributed by atoms with van der Waals surface area (Å²) >= 11 is 0. The molecule has 5 heteroatoms. The smallest absolute Gasteiger partial charge is 0.261 e. The van der Waals surface area contributed by atoms with Gasteiger partial charge in [0.2, 0.25) is 0 Å². The monoisotopic (exact) mass is 312 g/mol. The van der Waals surface area contributed by atoms with Gasteiger partial charge < -0.3 is 14.9 Å². The molecule has 0 radical (unpaired) electrons. The zero-order valence-electron chi connectivity index (χ0n) is 13.3. The third kappa shape index (κ3) is 5.14. The summed E-state index contributed by atoms with van der Waals surface area (Å²) in [5.41, 5.74) is 2.97. The molecule has 0 heterocycles. The van der Waals surface area contributed by atoms with Crippen LogP contribution in [0.25, 0.3) is 0 Å². The largest absolute Gasteiger partial charge is 0.496 e. The second-order valence-electron chi connectivity index (χ2n) is 4.95. The van der Waals surface area contributed by atoms with Gasteiger partial charge in [-0.2, -0.15) is 0 Å². The first-order chi connectivity index (χ1) is 11.2. The third-order valence-corrected chi connectivity index (χ3v) is 3.32. The maximum atomic E-state index is 11.7. The molecule has 2 rings (SSSR count). The molecule has 0 aromatic heterocycles. The lowest BCUT2D eigenvalue weighted by atomic mass is 10.1. The third-order valence-electron chi connectivity index (χ3n) is 3.32. The van der Waals surface area contributed by atoms with Crippen LogP contribution in [0.5, 0.6) is 5.75 Å². The number of para-hydroxylation sites is 1. The first kappa shape index (κ1) is 16.5. The molecule has 0 bridgehead atoms. The zero-order chi connectivity index (χ0) is 16.5. The average molecular weight is 312 g/mol. The molecule has 0 aliphatic rings. The van der Waals surface area contributed by atoms with E-state index in [0.29, 0.717) is 6.54 Å². The normalized spacial score (nSPS) is 10.5. The lowest BCUT2D eigenvalue weighted by Gasteiger charge is -2.09. The van der Waals surface area contributed by atoms with Crippen LogP contribution in [0.1, 0.15) is 16.7 Å². The summed E-state index contributed by atoms with van der Waals surface area (Å²) in [6, 6.07) is 15.3. The van der Waals surface area contributed by atoms with Crippen molar-refractivity contribution in [2.45, 2.75) is 13.5 Å². The number of carbonyl (C=O) groups is 1. The molecule has 0 aliphatic heterocycles. The predicted octanol–water partition coefficient (Wildman–Crippen LogP) is 2.67. The van der Waals surface area contributed by atoms with Gasteiger partial charge in [0, 0.05) is 12.1 Å². The van der Waals surface area contributed by atoms with Gasteiger partial charge in [0.15, 0.2) is 6.61 Å². The SMILES string of the molecule is COc1ccccc1CNC(=O)CO/N=C/c1ccccc1C. The number of benzene rings is 2. The molecule has 5 nitrogen and oxygen atoms in total. The maximum Gasteiger partial charge on any atom is 0.261 e. The second-order valence-corrected chi connectivity index (χ2v) is 4.95. The molecule has 0 fully saturated rings. The second kappa shape index (κ2) is 8.58. The number of nitrogens with zero attached hydrogens (tertiary/aromatic N) is 1. The Morgan fingerprint density at radius 3 is 2.70 bits per heavy atom. The van der Waals surface area contributed by atoms with Crippen molar-refractivity contribution in [2.24, 2.45) is 5.16 Å². The van der Waals surface area contributed by atoms with Crippen LogP contribution in [-0.4, -0.2) is 25.8 Å². The minimum atomic E-state index is -0.238. The van der Waals surface area contributed by atoms with Gasteiger partial charge in [-0.3, -0.25) is 4.79 Å². The summed E-state index contributed by atoms with van der Waals surface area (Å²) in [4.78, 5) is 16.8. The molecular weight excluding hydrogens is 292 g/mol. The van der Waals surface area contributed by atoms with Gasteiger partial charge in [-0.05, 0) is 24.1 Å². The van der Waals surface area contributed by atoms with E-state index >= 15 is 0 Å². The van der Waals surface area contributed by atoms with Crippen molar-refractivity contribution in [3.63, 3.8) is 0 Å². The van der Waals surface area contributed by atoms with Gasteiger partial charge in [0.25, 0.3) is 5.91 Å². The van der Waals surface area contributed by atoms with Crippen LogP contribution in [-0.2, 0) is 16.2 Å². The number of ether oxygens (including phenoxy) is 1. The number of carbonyl (C=O) groups excluding carboxylic acids is 1. The highest BCUT2D eigenvalue weighted by Crippen LogP contribution is 2.16. The van der Waals surface area contributed by atoms with E-state index in [-0.39, 0.29) is 12.5 Å². The van der Waals surface area contributed by atoms with E-state index in [1.54, 1.807) is 13.3 Å². The lowest BCUT2D eigenvalue weighted by molar-refractivity contribution is -0.125. The Hall–Kier alpha value is -2.82. The van der Waals surface area contributed by atoms with Gasteiger partial charge in [-0.1, -0.05) is 47.6 Å². The summed E-state index contributed by atoms with van der Waals surface area (Å²) in [6.45, 7) is 2.24. The molecular formula is C18H20N2O3. The Bertz CT molecular complexity index is 683. The van der Waals surface area contributed by atoms with Gasteiger partial charge >= 0.3 is 0 Å². The van der Waals surface area contributed by atoms with Gasteiger partial charge in [0.05, 0.1) is 13.3 Å². The van der Waals surface area contributed by atoms with Crippen molar-refractivity contribution < 1.29 is 14.4 Å². The van der Waals surface area contributed by atoms with Crippen LogP contribution in [0.15, 0.2) is 53.7 Å². The fraction of sp³-hybridized carbons (Fsp3) is 0.222. The Kier molecular flexibility index (Phi) is 6.17. The van der Waals surface area contributed by atoms with Gasteiger partial charge in [-0.15, -0.1) is 0 Å². The fourth-order valence-corrected chi connectivity index (χ4v) is 2.02. The summed E-state index contributed by atoms with van der Waals surface area (Å²) in [6.07, 6.45) is 1.60. The number of amides is 1. The molecule has 1 N–H and O–H groups in total. The van der Waals surface area contributed by atoms with Crippen LogP contribution in [0.2, 0.25) is 0 Å². The summed E-state index contributed by atoms with van der Waals surface area (Å²) in [7, 11) is 1.60. The lowest BCUT2D eigenvalue weighted by Crippen LogP contribution is -2.26. The Labute approximate surface area is 135 Å². The highest BCUT2D eigenvalue weighted by Gasteiger charge is 2.05. The van der Waals surface area contributed by atoms with Gasteiger partial charge in [-0.25, -0.2) is 0 Å². The van der Waals surface area contributed by atoms with Gasteiger partial charge in [0.1, 0.15) is 5.75 Å². The summed E-state index contributed by atoms with van der Waals surface area (Å²) in [5, 5.41) is 6.59. The number of aryl methyl sites for hydroxylation is 1. The fourth-order valence-electron chi connectivity index (χ4n) is 2.02. The van der Waals surface area contributed by atoms with E-state index in [1.165, 1.54) is 0 Å². The summed E-state index contributed by atoms with van der Waals surface area (Å²) < 4.78 is 5.23. The van der Waals surface area contributed by atoms with Crippen molar-refractivity contribution in [1.82, 2.24) is 5.32 Å². The molecule has 0 atom stereocenters. The zero-order valence-corrected chi connectivity index (χ0v) is 13.3. The van der Waals surface area contributed by atoms with Crippen molar-refractivity contribution in [3.05, 3.63) is 65.2 Å². The van der Waals surface area contributed by atoms with Crippen LogP contribution in [0.4, 0.5) is 0 Å². The van der Waals surface area contributed by atoms with Crippen LogP contribution in [0.3, 0.4) is 0 Å². The highest BCUT2D eigenvalue weighted by atomic mass is 16.6. The van der Waals surface area contributed by atoms with Crippen molar-refractivity contribution in [1.29, 1.82) is 0 Å². The number of methoxy groups -OCH3 is 1. The first-order valence-electron chi connectivity index (χ1n) is 7.30. The molecule has 0 saturated carbocycles. The number of rotatable bonds is 7. The van der Waals surface area contributed by atoms with E-state index in [9.17, 15) is 4.79 Å². The van der Waals surface area contributed by atoms with Crippen LogP contribution >= 0.6 is 0 Å². The standard InChI is InChI=1S/C18H20N2O3/c1-14-7-3-4-8-15(14)12-20-23-13-18(21)19-11-16-9-5-6-10-17(16)22-2/h3-10,12H,11,13H2,1-2H3,(H,19,21)/b20-12+. The minimum absolute atomic E-state index is 0.127. The molecule has 120 valence electrons. The Morgan fingerprint density at radius 2 is 1.91 bits per heavy atom. The molecule has 0 spiro atoms. The molecule has 2 aromatic carbocycles. The van der Waals surface area contributed by atoms with Crippen molar-refractivity contribution in [2.75, 3.05) is 13.7 Å². The Balaban J connectivity index is 1.76. The quantitative estimate of drug-likeness (QED) is 0.631. The molecule has 2 aromatic rings. The molecule has 0 saturated heterocycles. The van der Waals surface area contributed by atoms with E-state index in [2.05, 4.69) is 10.5 Å². The number of hydrogen-bond donors (Lipinski definition) is 1. The topological polar surface area (TPSA) is 59.9 Å². The summed E-state index contributed by atoms with van der Waals surface area (Å²) in [5.74, 6) is 0.504. The minimum Gasteiger partial charge on any atom is -0.496 e. The first-order valence-corrected chi connectivity index (χ1v) is 7.30. The van der Waals surface area contributed by atoms with E-state index in [0.717, 1.165) is 22.4 Å². The van der Waals surface area contributed by atoms with E-state index in [4.69, 9.17) is 9.57 Å².